The molecule has 0 aliphatic carbocycles. The van der Waals surface area contributed by atoms with Crippen LogP contribution in [0.4, 0.5) is 17.5 Å². The van der Waals surface area contributed by atoms with E-state index in [0.717, 1.165) is 40.7 Å². The van der Waals surface area contributed by atoms with Crippen LogP contribution in [0.25, 0.3) is 0 Å². The molecule has 1 aliphatic rings. The van der Waals surface area contributed by atoms with E-state index in [0.29, 0.717) is 12.5 Å². The van der Waals surface area contributed by atoms with E-state index in [1.165, 1.54) is 5.56 Å². The number of anilines is 3. The Bertz CT molecular complexity index is 941. The SMILES string of the molecule is CCc1ccc(Nc2cc(C)nc(NCc3ccc4c(c3)OCO4)n2)cc1. The third kappa shape index (κ3) is 4.11. The Kier molecular flexibility index (Phi) is 4.78. The van der Waals surface area contributed by atoms with E-state index < -0.39 is 0 Å². The number of benzene rings is 2. The fourth-order valence-corrected chi connectivity index (χ4v) is 2.92. The van der Waals surface area contributed by atoms with Crippen LogP contribution in [0.5, 0.6) is 11.5 Å². The van der Waals surface area contributed by atoms with Crippen LogP contribution >= 0.6 is 0 Å². The lowest BCUT2D eigenvalue weighted by Crippen LogP contribution is -2.06. The van der Waals surface area contributed by atoms with Gasteiger partial charge < -0.3 is 20.1 Å². The van der Waals surface area contributed by atoms with Gasteiger partial charge in [-0.25, -0.2) is 4.98 Å². The average molecular weight is 362 g/mol. The molecule has 0 fully saturated rings. The summed E-state index contributed by atoms with van der Waals surface area (Å²) in [7, 11) is 0. The molecule has 6 nitrogen and oxygen atoms in total. The normalized spacial score (nSPS) is 12.1. The Hall–Kier alpha value is -3.28. The molecule has 0 amide bonds. The summed E-state index contributed by atoms with van der Waals surface area (Å²) in [6.45, 7) is 4.99. The van der Waals surface area contributed by atoms with E-state index in [-0.39, 0.29) is 6.79 Å². The van der Waals surface area contributed by atoms with Gasteiger partial charge in [0.15, 0.2) is 11.5 Å². The van der Waals surface area contributed by atoms with Gasteiger partial charge in [0.1, 0.15) is 5.82 Å². The highest BCUT2D eigenvalue weighted by Gasteiger charge is 2.13. The number of fused-ring (bicyclic) bond motifs is 1. The van der Waals surface area contributed by atoms with Gasteiger partial charge in [-0.1, -0.05) is 25.1 Å². The van der Waals surface area contributed by atoms with Crippen LogP contribution in [0.15, 0.2) is 48.5 Å². The van der Waals surface area contributed by atoms with E-state index >= 15 is 0 Å². The third-order valence-corrected chi connectivity index (χ3v) is 4.38. The molecular formula is C21H22N4O2. The van der Waals surface area contributed by atoms with Crippen molar-refractivity contribution >= 4 is 17.5 Å². The van der Waals surface area contributed by atoms with E-state index in [2.05, 4.69) is 51.8 Å². The van der Waals surface area contributed by atoms with Crippen molar-refractivity contribution < 1.29 is 9.47 Å². The Balaban J connectivity index is 1.45. The van der Waals surface area contributed by atoms with Crippen LogP contribution in [0.2, 0.25) is 0 Å². The lowest BCUT2D eigenvalue weighted by molar-refractivity contribution is 0.174. The fraction of sp³-hybridized carbons (Fsp3) is 0.238. The van der Waals surface area contributed by atoms with Gasteiger partial charge in [-0.15, -0.1) is 0 Å². The molecule has 138 valence electrons. The van der Waals surface area contributed by atoms with Gasteiger partial charge in [-0.2, -0.15) is 4.98 Å². The molecule has 3 aromatic rings. The molecular weight excluding hydrogens is 340 g/mol. The zero-order valence-electron chi connectivity index (χ0n) is 15.5. The highest BCUT2D eigenvalue weighted by Crippen LogP contribution is 2.32. The number of aromatic nitrogens is 2. The predicted molar refractivity (Wildman–Crippen MR) is 106 cm³/mol. The van der Waals surface area contributed by atoms with E-state index in [1.807, 2.05) is 31.2 Å². The van der Waals surface area contributed by atoms with Gasteiger partial charge in [0.05, 0.1) is 0 Å². The van der Waals surface area contributed by atoms with Crippen molar-refractivity contribution in [2.24, 2.45) is 0 Å². The molecule has 1 aliphatic heterocycles. The minimum atomic E-state index is 0.279. The van der Waals surface area contributed by atoms with Crippen molar-refractivity contribution in [3.8, 4) is 11.5 Å². The van der Waals surface area contributed by atoms with Crippen LogP contribution in [0, 0.1) is 6.92 Å². The Morgan fingerprint density at radius 1 is 0.926 bits per heavy atom. The molecule has 0 spiro atoms. The largest absolute Gasteiger partial charge is 0.454 e. The first-order valence-corrected chi connectivity index (χ1v) is 9.03. The Morgan fingerprint density at radius 3 is 2.52 bits per heavy atom. The van der Waals surface area contributed by atoms with Gasteiger partial charge >= 0.3 is 0 Å². The number of nitrogens with one attached hydrogen (secondary N) is 2. The quantitative estimate of drug-likeness (QED) is 0.676. The maximum Gasteiger partial charge on any atom is 0.231 e. The zero-order chi connectivity index (χ0) is 18.6. The Morgan fingerprint density at radius 2 is 1.70 bits per heavy atom. The number of ether oxygens (including phenoxy) is 2. The molecule has 0 saturated heterocycles. The predicted octanol–water partition coefficient (Wildman–Crippen LogP) is 4.43. The van der Waals surface area contributed by atoms with Gasteiger partial charge in [0.2, 0.25) is 12.7 Å². The van der Waals surface area contributed by atoms with Crippen molar-refractivity contribution in [1.29, 1.82) is 0 Å². The van der Waals surface area contributed by atoms with Crippen molar-refractivity contribution in [1.82, 2.24) is 9.97 Å². The van der Waals surface area contributed by atoms with Gasteiger partial charge in [0, 0.05) is 24.0 Å². The van der Waals surface area contributed by atoms with Crippen molar-refractivity contribution in [3.05, 3.63) is 65.4 Å². The molecule has 27 heavy (non-hydrogen) atoms. The van der Waals surface area contributed by atoms with Gasteiger partial charge in [0.25, 0.3) is 0 Å². The zero-order valence-corrected chi connectivity index (χ0v) is 15.5. The van der Waals surface area contributed by atoms with Crippen LogP contribution in [-0.2, 0) is 13.0 Å². The van der Waals surface area contributed by atoms with E-state index in [4.69, 9.17) is 9.47 Å². The van der Waals surface area contributed by atoms with Crippen LogP contribution in [-0.4, -0.2) is 16.8 Å². The molecule has 2 N–H and O–H groups in total. The second-order valence-electron chi connectivity index (χ2n) is 6.43. The number of hydrogen-bond donors (Lipinski definition) is 2. The van der Waals surface area contributed by atoms with Crippen molar-refractivity contribution in [2.45, 2.75) is 26.8 Å². The third-order valence-electron chi connectivity index (χ3n) is 4.38. The molecule has 2 aromatic carbocycles. The van der Waals surface area contributed by atoms with Gasteiger partial charge in [-0.05, 0) is 48.7 Å². The summed E-state index contributed by atoms with van der Waals surface area (Å²) in [6.07, 6.45) is 1.03. The maximum atomic E-state index is 5.42. The molecule has 0 radical (unpaired) electrons. The summed E-state index contributed by atoms with van der Waals surface area (Å²) in [5, 5.41) is 6.62. The molecule has 4 rings (SSSR count). The molecule has 1 aromatic heterocycles. The second kappa shape index (κ2) is 7.53. The summed E-state index contributed by atoms with van der Waals surface area (Å²) in [6, 6.07) is 16.2. The molecule has 0 bridgehead atoms. The second-order valence-corrected chi connectivity index (χ2v) is 6.43. The molecule has 0 saturated carbocycles. The summed E-state index contributed by atoms with van der Waals surface area (Å²) in [5.74, 6) is 2.91. The van der Waals surface area contributed by atoms with Crippen LogP contribution < -0.4 is 20.1 Å². The number of nitrogens with zero attached hydrogens (tertiary/aromatic N) is 2. The first-order valence-electron chi connectivity index (χ1n) is 9.03. The number of rotatable bonds is 6. The average Bonchev–Trinajstić information content (AvgIpc) is 3.14. The topological polar surface area (TPSA) is 68.3 Å². The monoisotopic (exact) mass is 362 g/mol. The van der Waals surface area contributed by atoms with Crippen LogP contribution in [0.1, 0.15) is 23.7 Å². The minimum Gasteiger partial charge on any atom is -0.454 e. The molecule has 0 atom stereocenters. The first kappa shape index (κ1) is 17.1. The standard InChI is InChI=1S/C21H22N4O2/c1-3-15-4-7-17(8-5-15)24-20-10-14(2)23-21(25-20)22-12-16-6-9-18-19(11-16)27-13-26-18/h4-11H,3,12-13H2,1-2H3,(H2,22,23,24,25). The van der Waals surface area contributed by atoms with Gasteiger partial charge in [-0.3, -0.25) is 0 Å². The lowest BCUT2D eigenvalue weighted by Gasteiger charge is -2.11. The minimum absolute atomic E-state index is 0.279. The highest BCUT2D eigenvalue weighted by atomic mass is 16.7. The van der Waals surface area contributed by atoms with E-state index in [1.54, 1.807) is 0 Å². The van der Waals surface area contributed by atoms with E-state index in [9.17, 15) is 0 Å². The summed E-state index contributed by atoms with van der Waals surface area (Å²) in [5.41, 5.74) is 4.29. The Labute approximate surface area is 158 Å². The lowest BCUT2D eigenvalue weighted by atomic mass is 10.1. The molecule has 6 heteroatoms. The number of aryl methyl sites for hydroxylation is 2. The first-order chi connectivity index (χ1) is 13.2. The highest BCUT2D eigenvalue weighted by molar-refractivity contribution is 5.58. The van der Waals surface area contributed by atoms with Crippen molar-refractivity contribution in [3.63, 3.8) is 0 Å². The summed E-state index contributed by atoms with van der Waals surface area (Å²) < 4.78 is 10.8. The summed E-state index contributed by atoms with van der Waals surface area (Å²) >= 11 is 0. The molecule has 0 unspecified atom stereocenters. The van der Waals surface area contributed by atoms with Crippen molar-refractivity contribution in [2.75, 3.05) is 17.4 Å². The smallest absolute Gasteiger partial charge is 0.231 e. The maximum absolute atomic E-state index is 5.42. The summed E-state index contributed by atoms with van der Waals surface area (Å²) in [4.78, 5) is 9.04. The van der Waals surface area contributed by atoms with Crippen LogP contribution in [0.3, 0.4) is 0 Å². The number of hydrogen-bond acceptors (Lipinski definition) is 6. The fourth-order valence-electron chi connectivity index (χ4n) is 2.92. The molecule has 2 heterocycles.